The highest BCUT2D eigenvalue weighted by Crippen LogP contribution is 2.64. The van der Waals surface area contributed by atoms with Crippen LogP contribution in [0.1, 0.15) is 71.3 Å². The van der Waals surface area contributed by atoms with Crippen molar-refractivity contribution in [3.63, 3.8) is 0 Å². The van der Waals surface area contributed by atoms with Gasteiger partial charge >= 0.3 is 6.61 Å². The molecule has 0 aromatic heterocycles. The van der Waals surface area contributed by atoms with Crippen LogP contribution in [0.5, 0.6) is 11.5 Å². The van der Waals surface area contributed by atoms with E-state index in [9.17, 15) is 18.7 Å². The van der Waals surface area contributed by atoms with E-state index in [1.165, 1.54) is 11.6 Å². The predicted octanol–water partition coefficient (Wildman–Crippen LogP) is 6.57. The first kappa shape index (κ1) is 24.5. The number of benzene rings is 1. The minimum atomic E-state index is -2.93. The zero-order valence-corrected chi connectivity index (χ0v) is 20.9. The highest BCUT2D eigenvalue weighted by Gasteiger charge is 2.59. The van der Waals surface area contributed by atoms with E-state index in [4.69, 9.17) is 4.74 Å². The number of fused-ring (bicyclic) bond motifs is 5. The van der Waals surface area contributed by atoms with Crippen molar-refractivity contribution in [2.24, 2.45) is 28.6 Å². The van der Waals surface area contributed by atoms with Crippen molar-refractivity contribution in [1.29, 1.82) is 0 Å². The van der Waals surface area contributed by atoms with E-state index in [2.05, 4.69) is 24.7 Å². The van der Waals surface area contributed by atoms with Gasteiger partial charge in [0.2, 0.25) is 0 Å². The van der Waals surface area contributed by atoms with Gasteiger partial charge in [-0.1, -0.05) is 31.6 Å². The van der Waals surface area contributed by atoms with Crippen LogP contribution in [0, 0.1) is 28.6 Å². The van der Waals surface area contributed by atoms with Crippen molar-refractivity contribution >= 4 is 11.9 Å². The molecular formula is C29H36F2O4. The van der Waals surface area contributed by atoms with Gasteiger partial charge in [0.15, 0.2) is 17.3 Å². The summed E-state index contributed by atoms with van der Waals surface area (Å²) in [6, 6.07) is 4.87. The molecule has 1 N–H and O–H groups in total. The molecule has 0 amide bonds. The first-order valence-corrected chi connectivity index (χ1v) is 13.0. The molecule has 1 aromatic rings. The number of aliphatic hydroxyl groups excluding tert-OH is 1. The molecule has 0 radical (unpaired) electrons. The summed E-state index contributed by atoms with van der Waals surface area (Å²) in [6.45, 7) is 3.72. The lowest BCUT2D eigenvalue weighted by Crippen LogP contribution is -2.50. The zero-order chi connectivity index (χ0) is 25.0. The van der Waals surface area contributed by atoms with Crippen LogP contribution in [0.15, 0.2) is 35.4 Å². The SMILES string of the molecule is CCOc1cc(C=C2C[C@H]3[C@@H]4CC=C5C[C@@H](O)CC[C@]5(C)[C@H]4CC[C@]3(C)C2=O)ccc1OC(F)F. The van der Waals surface area contributed by atoms with Gasteiger partial charge in [-0.25, -0.2) is 0 Å². The maximum atomic E-state index is 13.7. The van der Waals surface area contributed by atoms with E-state index in [-0.39, 0.29) is 34.2 Å². The van der Waals surface area contributed by atoms with Crippen molar-refractivity contribution in [2.75, 3.05) is 6.61 Å². The maximum absolute atomic E-state index is 13.7. The first-order chi connectivity index (χ1) is 16.7. The second-order valence-corrected chi connectivity index (χ2v) is 11.3. The quantitative estimate of drug-likeness (QED) is 0.378. The monoisotopic (exact) mass is 486 g/mol. The molecule has 0 heterocycles. The lowest BCUT2D eigenvalue weighted by molar-refractivity contribution is -0.130. The molecule has 0 aliphatic heterocycles. The fourth-order valence-corrected chi connectivity index (χ4v) is 7.72. The van der Waals surface area contributed by atoms with Gasteiger partial charge in [-0.3, -0.25) is 4.79 Å². The van der Waals surface area contributed by atoms with Crippen LogP contribution >= 0.6 is 0 Å². The maximum Gasteiger partial charge on any atom is 0.387 e. The number of aliphatic hydroxyl groups is 1. The second-order valence-electron chi connectivity index (χ2n) is 11.3. The van der Waals surface area contributed by atoms with E-state index in [1.807, 2.05) is 6.08 Å². The predicted molar refractivity (Wildman–Crippen MR) is 130 cm³/mol. The third kappa shape index (κ3) is 4.12. The summed E-state index contributed by atoms with van der Waals surface area (Å²) in [5.74, 6) is 1.80. The third-order valence-corrected chi connectivity index (χ3v) is 9.54. The molecule has 0 unspecified atom stereocenters. The minimum Gasteiger partial charge on any atom is -0.490 e. The summed E-state index contributed by atoms with van der Waals surface area (Å²) in [5.41, 5.74) is 2.78. The average Bonchev–Trinajstić information content (AvgIpc) is 3.06. The molecule has 4 aliphatic carbocycles. The highest BCUT2D eigenvalue weighted by molar-refractivity contribution is 6.06. The number of hydrogen-bond acceptors (Lipinski definition) is 4. The Morgan fingerprint density at radius 3 is 2.63 bits per heavy atom. The molecule has 6 heteroatoms. The Bertz CT molecular complexity index is 1060. The largest absolute Gasteiger partial charge is 0.490 e. The molecular weight excluding hydrogens is 450 g/mol. The van der Waals surface area contributed by atoms with E-state index in [0.717, 1.165) is 56.1 Å². The molecule has 1 aromatic carbocycles. The molecule has 3 fully saturated rings. The number of halogens is 2. The standard InChI is InChI=1S/C29H36F2O4/c1-4-34-25-14-17(5-8-24(25)35-27(30)31)13-18-15-23-21-7-6-19-16-20(32)9-11-28(19,2)22(21)10-12-29(23,3)26(18)33/h5-6,8,13-14,20-23,27,32H,4,7,9-12,15-16H2,1-3H3/t20-,21+,22-,23-,28-,29-/m0/s1. The fraction of sp³-hybridized carbons (Fsp3) is 0.621. The highest BCUT2D eigenvalue weighted by atomic mass is 19.3. The van der Waals surface area contributed by atoms with E-state index in [1.54, 1.807) is 19.1 Å². The minimum absolute atomic E-state index is 0.000799. The number of carbonyl (C=O) groups is 1. The van der Waals surface area contributed by atoms with Gasteiger partial charge in [0.25, 0.3) is 0 Å². The van der Waals surface area contributed by atoms with Crippen LogP contribution in [-0.2, 0) is 4.79 Å². The Morgan fingerprint density at radius 2 is 1.89 bits per heavy atom. The number of Topliss-reactive ketones (excluding diaryl/α,β-unsaturated/α-hetero) is 1. The summed E-state index contributed by atoms with van der Waals surface area (Å²) >= 11 is 0. The Morgan fingerprint density at radius 1 is 1.11 bits per heavy atom. The lowest BCUT2D eigenvalue weighted by Gasteiger charge is -2.56. The van der Waals surface area contributed by atoms with Crippen molar-refractivity contribution in [1.82, 2.24) is 0 Å². The van der Waals surface area contributed by atoms with Crippen LogP contribution in [0.3, 0.4) is 0 Å². The Labute approximate surface area is 206 Å². The molecule has 3 saturated carbocycles. The summed E-state index contributed by atoms with van der Waals surface area (Å²) in [5, 5.41) is 10.2. The second kappa shape index (κ2) is 9.02. The first-order valence-electron chi connectivity index (χ1n) is 13.0. The fourth-order valence-electron chi connectivity index (χ4n) is 7.72. The number of alkyl halides is 2. The number of carbonyl (C=O) groups excluding carboxylic acids is 1. The molecule has 0 spiro atoms. The van der Waals surface area contributed by atoms with Gasteiger partial charge in [-0.15, -0.1) is 0 Å². The van der Waals surface area contributed by atoms with Gasteiger partial charge in [0, 0.05) is 5.41 Å². The topological polar surface area (TPSA) is 55.8 Å². The summed E-state index contributed by atoms with van der Waals surface area (Å²) in [7, 11) is 0. The van der Waals surface area contributed by atoms with Crippen LogP contribution in [-0.4, -0.2) is 30.2 Å². The molecule has 0 bridgehead atoms. The smallest absolute Gasteiger partial charge is 0.387 e. The average molecular weight is 487 g/mol. The summed E-state index contributed by atoms with van der Waals surface area (Å²) in [4.78, 5) is 13.7. The summed E-state index contributed by atoms with van der Waals surface area (Å²) in [6.07, 6.45) is 10.4. The molecule has 0 saturated heterocycles. The number of hydrogen-bond donors (Lipinski definition) is 1. The van der Waals surface area contributed by atoms with Crippen LogP contribution in [0.4, 0.5) is 8.78 Å². The van der Waals surface area contributed by atoms with Crippen LogP contribution < -0.4 is 9.47 Å². The van der Waals surface area contributed by atoms with E-state index < -0.39 is 6.61 Å². The molecule has 5 rings (SSSR count). The molecule has 4 aliphatic rings. The van der Waals surface area contributed by atoms with Crippen LogP contribution in [0.25, 0.3) is 6.08 Å². The van der Waals surface area contributed by atoms with E-state index >= 15 is 0 Å². The Hall–Kier alpha value is -2.21. The van der Waals surface area contributed by atoms with Gasteiger partial charge in [0.05, 0.1) is 12.7 Å². The number of ketones is 1. The Balaban J connectivity index is 1.43. The third-order valence-electron chi connectivity index (χ3n) is 9.54. The number of ether oxygens (including phenoxy) is 2. The van der Waals surface area contributed by atoms with Crippen molar-refractivity contribution in [2.45, 2.75) is 78.4 Å². The zero-order valence-electron chi connectivity index (χ0n) is 20.9. The summed E-state index contributed by atoms with van der Waals surface area (Å²) < 4.78 is 35.7. The number of rotatable bonds is 5. The molecule has 6 atom stereocenters. The van der Waals surface area contributed by atoms with Crippen molar-refractivity contribution in [3.8, 4) is 11.5 Å². The van der Waals surface area contributed by atoms with Crippen molar-refractivity contribution in [3.05, 3.63) is 41.0 Å². The van der Waals surface area contributed by atoms with Gasteiger partial charge < -0.3 is 14.6 Å². The van der Waals surface area contributed by atoms with Gasteiger partial charge in [-0.2, -0.15) is 8.78 Å². The molecule has 35 heavy (non-hydrogen) atoms. The van der Waals surface area contributed by atoms with Crippen LogP contribution in [0.2, 0.25) is 0 Å². The van der Waals surface area contributed by atoms with Crippen molar-refractivity contribution < 1.29 is 28.2 Å². The van der Waals surface area contributed by atoms with Gasteiger partial charge in [-0.05, 0) is 104 Å². The number of allylic oxidation sites excluding steroid dienone is 2. The molecule has 4 nitrogen and oxygen atoms in total. The molecule has 190 valence electrons. The normalized spacial score (nSPS) is 37.5. The van der Waals surface area contributed by atoms with E-state index in [0.29, 0.717) is 24.4 Å². The van der Waals surface area contributed by atoms with Gasteiger partial charge in [0.1, 0.15) is 0 Å². The Kier molecular flexibility index (Phi) is 6.31. The lowest BCUT2D eigenvalue weighted by atomic mass is 9.48.